The molecule has 0 saturated carbocycles. The van der Waals surface area contributed by atoms with E-state index < -0.39 is 0 Å². The Hall–Kier alpha value is -1.14. The molecule has 1 aromatic carbocycles. The number of hydrogen-bond acceptors (Lipinski definition) is 5. The zero-order chi connectivity index (χ0) is 12.3. The van der Waals surface area contributed by atoms with Gasteiger partial charge in [-0.3, -0.25) is 0 Å². The third-order valence-corrected chi connectivity index (χ3v) is 3.11. The lowest BCUT2D eigenvalue weighted by Gasteiger charge is -2.03. The van der Waals surface area contributed by atoms with Gasteiger partial charge in [0.05, 0.1) is 0 Å². The quantitative estimate of drug-likeness (QED) is 0.876. The summed E-state index contributed by atoms with van der Waals surface area (Å²) in [5.74, 6) is 1.49. The lowest BCUT2D eigenvalue weighted by Crippen LogP contribution is -1.89. The number of aryl methyl sites for hydroxylation is 1. The Balaban J connectivity index is 2.13. The van der Waals surface area contributed by atoms with Crippen LogP contribution in [0.2, 0.25) is 0 Å². The van der Waals surface area contributed by atoms with Gasteiger partial charge in [-0.1, -0.05) is 22.9 Å². The fourth-order valence-corrected chi connectivity index (χ4v) is 2.43. The van der Waals surface area contributed by atoms with Crippen LogP contribution in [0.4, 0.5) is 5.69 Å². The first-order valence-electron chi connectivity index (χ1n) is 5.24. The Bertz CT molecular complexity index is 495. The molecule has 0 spiro atoms. The summed E-state index contributed by atoms with van der Waals surface area (Å²) < 4.78 is 10.7. The van der Waals surface area contributed by atoms with Crippen molar-refractivity contribution >= 4 is 33.1 Å². The van der Waals surface area contributed by atoms with Gasteiger partial charge in [0.25, 0.3) is 5.19 Å². The minimum absolute atomic E-state index is 0.547. The molecule has 2 rings (SSSR count). The summed E-state index contributed by atoms with van der Waals surface area (Å²) in [5.41, 5.74) is 6.37. The van der Waals surface area contributed by atoms with Gasteiger partial charge in [-0.25, -0.2) is 0 Å². The standard InChI is InChI=1S/C11H12BrN3OS/c1-2-3-10-14-11(17-15-10)16-9-5-7(12)4-8(13)6-9/h4-6H,2-3,13H2,1H3. The van der Waals surface area contributed by atoms with E-state index in [2.05, 4.69) is 32.2 Å². The molecule has 0 radical (unpaired) electrons. The highest BCUT2D eigenvalue weighted by molar-refractivity contribution is 9.10. The minimum atomic E-state index is 0.547. The molecular weight excluding hydrogens is 302 g/mol. The molecule has 4 nitrogen and oxygen atoms in total. The molecule has 2 aromatic rings. The van der Waals surface area contributed by atoms with Gasteiger partial charge in [-0.2, -0.15) is 9.36 Å². The first-order valence-corrected chi connectivity index (χ1v) is 6.80. The number of rotatable bonds is 4. The van der Waals surface area contributed by atoms with E-state index in [9.17, 15) is 0 Å². The van der Waals surface area contributed by atoms with Crippen LogP contribution >= 0.6 is 27.5 Å². The zero-order valence-electron chi connectivity index (χ0n) is 9.31. The number of nitrogens with zero attached hydrogens (tertiary/aromatic N) is 2. The minimum Gasteiger partial charge on any atom is -0.430 e. The number of halogens is 1. The molecule has 0 aliphatic carbocycles. The van der Waals surface area contributed by atoms with Gasteiger partial charge < -0.3 is 10.5 Å². The number of benzene rings is 1. The van der Waals surface area contributed by atoms with E-state index in [0.29, 0.717) is 16.6 Å². The van der Waals surface area contributed by atoms with Crippen LogP contribution in [0.25, 0.3) is 0 Å². The topological polar surface area (TPSA) is 61.0 Å². The van der Waals surface area contributed by atoms with Crippen LogP contribution in [-0.2, 0) is 6.42 Å². The second-order valence-electron chi connectivity index (χ2n) is 3.55. The van der Waals surface area contributed by atoms with Crippen LogP contribution in [0, 0.1) is 0 Å². The Kier molecular flexibility index (Phi) is 3.96. The number of ether oxygens (including phenoxy) is 1. The third kappa shape index (κ3) is 3.41. The van der Waals surface area contributed by atoms with Gasteiger partial charge >= 0.3 is 0 Å². The molecule has 1 heterocycles. The van der Waals surface area contributed by atoms with Crippen LogP contribution in [0.1, 0.15) is 19.2 Å². The van der Waals surface area contributed by atoms with E-state index in [1.165, 1.54) is 11.5 Å². The van der Waals surface area contributed by atoms with Crippen LogP contribution in [0.5, 0.6) is 10.9 Å². The van der Waals surface area contributed by atoms with Gasteiger partial charge in [0, 0.05) is 34.2 Å². The smallest absolute Gasteiger partial charge is 0.298 e. The fourth-order valence-electron chi connectivity index (χ4n) is 1.35. The second-order valence-corrected chi connectivity index (χ2v) is 5.18. The highest BCUT2D eigenvalue weighted by atomic mass is 79.9. The number of anilines is 1. The number of nitrogen functional groups attached to an aromatic ring is 1. The molecule has 17 heavy (non-hydrogen) atoms. The number of nitrogens with two attached hydrogens (primary N) is 1. The first kappa shape index (κ1) is 12.3. The average molecular weight is 314 g/mol. The highest BCUT2D eigenvalue weighted by Gasteiger charge is 2.06. The molecule has 0 aliphatic rings. The number of hydrogen-bond donors (Lipinski definition) is 1. The average Bonchev–Trinajstić information content (AvgIpc) is 2.64. The molecule has 6 heteroatoms. The predicted octanol–water partition coefficient (Wildman–Crippen LogP) is 3.63. The van der Waals surface area contributed by atoms with Crippen molar-refractivity contribution in [3.8, 4) is 10.9 Å². The largest absolute Gasteiger partial charge is 0.430 e. The molecule has 0 aliphatic heterocycles. The van der Waals surface area contributed by atoms with Crippen LogP contribution < -0.4 is 10.5 Å². The van der Waals surface area contributed by atoms with Gasteiger partial charge in [0.1, 0.15) is 11.6 Å². The van der Waals surface area contributed by atoms with Gasteiger partial charge in [0.15, 0.2) is 0 Å². The Labute approximate surface area is 112 Å². The van der Waals surface area contributed by atoms with E-state index in [0.717, 1.165) is 23.1 Å². The van der Waals surface area contributed by atoms with Crippen LogP contribution in [0.15, 0.2) is 22.7 Å². The molecule has 0 bridgehead atoms. The van der Waals surface area contributed by atoms with Crippen molar-refractivity contribution in [2.45, 2.75) is 19.8 Å². The van der Waals surface area contributed by atoms with Gasteiger partial charge in [0.2, 0.25) is 0 Å². The van der Waals surface area contributed by atoms with Crippen molar-refractivity contribution in [2.24, 2.45) is 0 Å². The normalized spacial score (nSPS) is 10.5. The molecule has 0 saturated heterocycles. The van der Waals surface area contributed by atoms with Crippen molar-refractivity contribution in [1.29, 1.82) is 0 Å². The molecule has 0 amide bonds. The summed E-state index contributed by atoms with van der Waals surface area (Å²) in [6.07, 6.45) is 1.90. The predicted molar refractivity (Wildman–Crippen MR) is 72.5 cm³/mol. The van der Waals surface area contributed by atoms with E-state index in [4.69, 9.17) is 10.5 Å². The Morgan fingerprint density at radius 3 is 2.94 bits per heavy atom. The Morgan fingerprint density at radius 1 is 1.41 bits per heavy atom. The maximum Gasteiger partial charge on any atom is 0.298 e. The monoisotopic (exact) mass is 313 g/mol. The van der Waals surface area contributed by atoms with E-state index in [1.807, 2.05) is 12.1 Å². The van der Waals surface area contributed by atoms with E-state index in [1.54, 1.807) is 6.07 Å². The summed E-state index contributed by atoms with van der Waals surface area (Å²) in [4.78, 5) is 4.28. The molecular formula is C11H12BrN3OS. The maximum atomic E-state index is 5.72. The fraction of sp³-hybridized carbons (Fsp3) is 0.273. The molecule has 0 fully saturated rings. The lowest BCUT2D eigenvalue weighted by atomic mass is 10.3. The SMILES string of the molecule is CCCc1nsc(Oc2cc(N)cc(Br)c2)n1. The summed E-state index contributed by atoms with van der Waals surface area (Å²) in [7, 11) is 0. The highest BCUT2D eigenvalue weighted by Crippen LogP contribution is 2.28. The van der Waals surface area contributed by atoms with E-state index in [-0.39, 0.29) is 0 Å². The van der Waals surface area contributed by atoms with Crippen molar-refractivity contribution in [2.75, 3.05) is 5.73 Å². The molecule has 90 valence electrons. The third-order valence-electron chi connectivity index (χ3n) is 2.02. The second kappa shape index (κ2) is 5.46. The van der Waals surface area contributed by atoms with E-state index >= 15 is 0 Å². The summed E-state index contributed by atoms with van der Waals surface area (Å²) in [6, 6.07) is 5.42. The summed E-state index contributed by atoms with van der Waals surface area (Å²) >= 11 is 4.62. The zero-order valence-corrected chi connectivity index (χ0v) is 11.7. The van der Waals surface area contributed by atoms with Crippen LogP contribution in [-0.4, -0.2) is 9.36 Å². The molecule has 1 aromatic heterocycles. The van der Waals surface area contributed by atoms with Crippen molar-refractivity contribution < 1.29 is 4.74 Å². The van der Waals surface area contributed by atoms with Gasteiger partial charge in [-0.15, -0.1) is 0 Å². The van der Waals surface area contributed by atoms with Crippen molar-refractivity contribution in [3.05, 3.63) is 28.5 Å². The van der Waals surface area contributed by atoms with Crippen molar-refractivity contribution in [3.63, 3.8) is 0 Å². The number of aromatic nitrogens is 2. The van der Waals surface area contributed by atoms with Crippen LogP contribution in [0.3, 0.4) is 0 Å². The molecule has 0 atom stereocenters. The lowest BCUT2D eigenvalue weighted by molar-refractivity contribution is 0.477. The Morgan fingerprint density at radius 2 is 2.24 bits per heavy atom. The van der Waals surface area contributed by atoms with Crippen molar-refractivity contribution in [1.82, 2.24) is 9.36 Å². The first-order chi connectivity index (χ1) is 8.17. The summed E-state index contributed by atoms with van der Waals surface area (Å²) in [6.45, 7) is 2.09. The maximum absolute atomic E-state index is 5.72. The van der Waals surface area contributed by atoms with Gasteiger partial charge in [-0.05, 0) is 18.6 Å². The molecule has 2 N–H and O–H groups in total. The molecule has 0 unspecified atom stereocenters. The summed E-state index contributed by atoms with van der Waals surface area (Å²) in [5, 5.41) is 0.547.